The van der Waals surface area contributed by atoms with Crippen molar-refractivity contribution in [3.05, 3.63) is 24.3 Å². The molecule has 1 aromatic rings. The molecule has 7 nitrogen and oxygen atoms in total. The van der Waals surface area contributed by atoms with Gasteiger partial charge in [0.05, 0.1) is 18.9 Å². The summed E-state index contributed by atoms with van der Waals surface area (Å²) >= 11 is 0. The average Bonchev–Trinajstić information content (AvgIpc) is 3.22. The molecule has 0 aromatic heterocycles. The van der Waals surface area contributed by atoms with E-state index in [0.717, 1.165) is 12.8 Å². The first-order valence-corrected chi connectivity index (χ1v) is 8.38. The molecule has 0 radical (unpaired) electrons. The minimum atomic E-state index is -0.473. The van der Waals surface area contributed by atoms with Crippen LogP contribution in [0.2, 0.25) is 0 Å². The molecule has 1 heterocycles. The third-order valence-electron chi connectivity index (χ3n) is 5.47. The van der Waals surface area contributed by atoms with Gasteiger partial charge in [-0.2, -0.15) is 0 Å². The fraction of sp³-hybridized carbons (Fsp3) is 0.500. The topological polar surface area (TPSA) is 90.9 Å². The molecule has 0 spiro atoms. The molecular formula is C18H19NO6. The summed E-state index contributed by atoms with van der Waals surface area (Å²) in [5, 5.41) is 2.65. The zero-order valence-electron chi connectivity index (χ0n) is 13.8. The SMILES string of the molecule is COc1ccc(NC(=O)COC(=O)[C@H]2[C@@H]3C[C@H]4[C@@H]2C(=O)O[C@@H]4C3)cc1. The Morgan fingerprint density at radius 2 is 2.00 bits per heavy atom. The average molecular weight is 345 g/mol. The fourth-order valence-corrected chi connectivity index (χ4v) is 4.43. The number of carbonyl (C=O) groups is 3. The van der Waals surface area contributed by atoms with Crippen LogP contribution in [0.5, 0.6) is 5.75 Å². The van der Waals surface area contributed by atoms with Crippen LogP contribution in [-0.2, 0) is 23.9 Å². The van der Waals surface area contributed by atoms with Crippen molar-refractivity contribution in [3.63, 3.8) is 0 Å². The normalized spacial score (nSPS) is 31.6. The molecule has 1 aliphatic heterocycles. The number of fused-ring (bicyclic) bond motifs is 1. The number of methoxy groups -OCH3 is 1. The summed E-state index contributed by atoms with van der Waals surface area (Å²) in [6.07, 6.45) is 1.54. The minimum absolute atomic E-state index is 0.0232. The monoisotopic (exact) mass is 345 g/mol. The van der Waals surface area contributed by atoms with E-state index in [1.165, 1.54) is 0 Å². The summed E-state index contributed by atoms with van der Waals surface area (Å²) in [6, 6.07) is 6.84. The van der Waals surface area contributed by atoms with Crippen LogP contribution < -0.4 is 10.1 Å². The lowest BCUT2D eigenvalue weighted by molar-refractivity contribution is -0.157. The lowest BCUT2D eigenvalue weighted by Gasteiger charge is -2.22. The summed E-state index contributed by atoms with van der Waals surface area (Å²) in [5.41, 5.74) is 0.587. The number of rotatable bonds is 5. The van der Waals surface area contributed by atoms with E-state index in [-0.39, 0.29) is 36.4 Å². The van der Waals surface area contributed by atoms with E-state index in [0.29, 0.717) is 11.4 Å². The third-order valence-corrected chi connectivity index (χ3v) is 5.47. The maximum Gasteiger partial charge on any atom is 0.310 e. The van der Waals surface area contributed by atoms with Gasteiger partial charge in [0.2, 0.25) is 0 Å². The lowest BCUT2D eigenvalue weighted by atomic mass is 9.80. The van der Waals surface area contributed by atoms with Crippen LogP contribution in [0.1, 0.15) is 12.8 Å². The van der Waals surface area contributed by atoms with Crippen molar-refractivity contribution in [2.75, 3.05) is 19.0 Å². The molecule has 1 amide bonds. The molecule has 2 aliphatic carbocycles. The van der Waals surface area contributed by atoms with Crippen molar-refractivity contribution >= 4 is 23.5 Å². The van der Waals surface area contributed by atoms with Gasteiger partial charge in [-0.3, -0.25) is 14.4 Å². The molecule has 3 aliphatic rings. The predicted molar refractivity (Wildman–Crippen MR) is 85.7 cm³/mol. The number of carbonyl (C=O) groups excluding carboxylic acids is 3. The van der Waals surface area contributed by atoms with Gasteiger partial charge >= 0.3 is 11.9 Å². The van der Waals surface area contributed by atoms with Gasteiger partial charge in [0.15, 0.2) is 6.61 Å². The zero-order chi connectivity index (χ0) is 17.6. The molecular weight excluding hydrogens is 326 g/mol. The van der Waals surface area contributed by atoms with Crippen molar-refractivity contribution in [2.45, 2.75) is 18.9 Å². The van der Waals surface area contributed by atoms with Gasteiger partial charge in [0, 0.05) is 11.6 Å². The van der Waals surface area contributed by atoms with Crippen molar-refractivity contribution < 1.29 is 28.6 Å². The molecule has 2 bridgehead atoms. The number of hydrogen-bond donors (Lipinski definition) is 1. The number of anilines is 1. The van der Waals surface area contributed by atoms with Gasteiger partial charge in [-0.15, -0.1) is 0 Å². The van der Waals surface area contributed by atoms with Crippen molar-refractivity contribution in [3.8, 4) is 5.75 Å². The highest BCUT2D eigenvalue weighted by Gasteiger charge is 2.64. The molecule has 132 valence electrons. The van der Waals surface area contributed by atoms with E-state index in [1.807, 2.05) is 0 Å². The van der Waals surface area contributed by atoms with Crippen molar-refractivity contribution in [2.24, 2.45) is 23.7 Å². The Morgan fingerprint density at radius 1 is 1.24 bits per heavy atom. The molecule has 25 heavy (non-hydrogen) atoms. The maximum atomic E-state index is 12.4. The highest BCUT2D eigenvalue weighted by molar-refractivity contribution is 5.93. The second-order valence-electron chi connectivity index (χ2n) is 6.81. The van der Waals surface area contributed by atoms with Crippen molar-refractivity contribution in [1.29, 1.82) is 0 Å². The number of hydrogen-bond acceptors (Lipinski definition) is 6. The lowest BCUT2D eigenvalue weighted by Crippen LogP contribution is -2.34. The van der Waals surface area contributed by atoms with Gasteiger partial charge in [0.25, 0.3) is 5.91 Å². The molecule has 1 N–H and O–H groups in total. The molecule has 3 fully saturated rings. The van der Waals surface area contributed by atoms with Gasteiger partial charge in [-0.25, -0.2) is 0 Å². The highest BCUT2D eigenvalue weighted by atomic mass is 16.6. The Balaban J connectivity index is 1.31. The first-order valence-electron chi connectivity index (χ1n) is 8.38. The van der Waals surface area contributed by atoms with E-state index in [4.69, 9.17) is 14.2 Å². The minimum Gasteiger partial charge on any atom is -0.497 e. The number of nitrogens with one attached hydrogen (secondary N) is 1. The number of amides is 1. The maximum absolute atomic E-state index is 12.4. The summed E-state index contributed by atoms with van der Waals surface area (Å²) in [4.78, 5) is 36.3. The highest BCUT2D eigenvalue weighted by Crippen LogP contribution is 2.57. The second kappa shape index (κ2) is 6.06. The quantitative estimate of drug-likeness (QED) is 0.811. The Bertz CT molecular complexity index is 713. The molecule has 4 rings (SSSR count). The Morgan fingerprint density at radius 3 is 2.72 bits per heavy atom. The molecule has 5 atom stereocenters. The van der Waals surface area contributed by atoms with Gasteiger partial charge in [-0.1, -0.05) is 0 Å². The predicted octanol–water partition coefficient (Wildman–Crippen LogP) is 1.37. The van der Waals surface area contributed by atoms with Gasteiger partial charge in [0.1, 0.15) is 11.9 Å². The smallest absolute Gasteiger partial charge is 0.310 e. The Hall–Kier alpha value is -2.57. The Kier molecular flexibility index (Phi) is 3.86. The largest absolute Gasteiger partial charge is 0.497 e. The second-order valence-corrected chi connectivity index (χ2v) is 6.81. The van der Waals surface area contributed by atoms with E-state index in [1.54, 1.807) is 31.4 Å². The standard InChI is InChI=1S/C18H19NO6/c1-23-11-4-2-10(3-5-11)19-14(20)8-24-17(21)15-9-6-12-13(7-9)25-18(22)16(12)15/h2-5,9,12-13,15-16H,6-8H2,1H3,(H,19,20)/t9-,12-,13-,15+,16+/m1/s1. The Labute approximate surface area is 144 Å². The number of benzene rings is 1. The number of esters is 2. The summed E-state index contributed by atoms with van der Waals surface area (Å²) < 4.78 is 15.5. The molecule has 1 aromatic carbocycles. The van der Waals surface area contributed by atoms with Crippen LogP contribution in [0.15, 0.2) is 24.3 Å². The van der Waals surface area contributed by atoms with E-state index < -0.39 is 17.8 Å². The molecule has 2 saturated carbocycles. The molecule has 1 saturated heterocycles. The fourth-order valence-electron chi connectivity index (χ4n) is 4.43. The summed E-state index contributed by atoms with van der Waals surface area (Å²) in [6.45, 7) is -0.371. The molecule has 7 heteroatoms. The van der Waals surface area contributed by atoms with E-state index in [9.17, 15) is 14.4 Å². The summed E-state index contributed by atoms with van der Waals surface area (Å²) in [5.74, 6) is -1.09. The molecule has 0 unspecified atom stereocenters. The summed E-state index contributed by atoms with van der Waals surface area (Å²) in [7, 11) is 1.56. The van der Waals surface area contributed by atoms with E-state index in [2.05, 4.69) is 5.32 Å². The van der Waals surface area contributed by atoms with Gasteiger partial charge < -0.3 is 19.5 Å². The first kappa shape index (κ1) is 15.9. The third kappa shape index (κ3) is 2.73. The van der Waals surface area contributed by atoms with Crippen LogP contribution in [0.25, 0.3) is 0 Å². The van der Waals surface area contributed by atoms with Gasteiger partial charge in [-0.05, 0) is 43.0 Å². The van der Waals surface area contributed by atoms with Crippen molar-refractivity contribution in [1.82, 2.24) is 0 Å². The van der Waals surface area contributed by atoms with E-state index >= 15 is 0 Å². The first-order chi connectivity index (χ1) is 12.1. The van der Waals surface area contributed by atoms with Crippen LogP contribution in [0.4, 0.5) is 5.69 Å². The van der Waals surface area contributed by atoms with Crippen LogP contribution in [0, 0.1) is 23.7 Å². The van der Waals surface area contributed by atoms with Crippen LogP contribution >= 0.6 is 0 Å². The van der Waals surface area contributed by atoms with Crippen LogP contribution in [-0.4, -0.2) is 37.7 Å². The zero-order valence-corrected chi connectivity index (χ0v) is 13.8. The van der Waals surface area contributed by atoms with Crippen LogP contribution in [0.3, 0.4) is 0 Å². The number of ether oxygens (including phenoxy) is 3.